The number of anilines is 1. The Morgan fingerprint density at radius 2 is 1.45 bits per heavy atom. The predicted octanol–water partition coefficient (Wildman–Crippen LogP) is 2.96. The maximum atomic E-state index is 13.0. The Kier molecular flexibility index (Phi) is 8.14. The van der Waals surface area contributed by atoms with Crippen LogP contribution in [0.4, 0.5) is 10.1 Å². The quantitative estimate of drug-likeness (QED) is 0.681. The average molecular weight is 427 g/mol. The molecular formula is C24H31FN4O2. The van der Waals surface area contributed by atoms with Crippen LogP contribution in [0.25, 0.3) is 0 Å². The minimum absolute atomic E-state index is 0.0181. The molecule has 31 heavy (non-hydrogen) atoms. The molecule has 0 radical (unpaired) electrons. The number of carbonyl (C=O) groups is 2. The summed E-state index contributed by atoms with van der Waals surface area (Å²) in [5.41, 5.74) is 2.91. The molecule has 1 atom stereocenters. The topological polar surface area (TPSA) is 64.7 Å². The van der Waals surface area contributed by atoms with E-state index >= 15 is 0 Å². The number of rotatable bonds is 8. The predicted molar refractivity (Wildman–Crippen MR) is 120 cm³/mol. The van der Waals surface area contributed by atoms with Gasteiger partial charge in [-0.1, -0.05) is 36.8 Å². The van der Waals surface area contributed by atoms with Crippen LogP contribution in [-0.4, -0.2) is 60.9 Å². The van der Waals surface area contributed by atoms with Gasteiger partial charge in [-0.05, 0) is 43.2 Å². The highest BCUT2D eigenvalue weighted by atomic mass is 19.1. The number of amides is 2. The first-order valence-electron chi connectivity index (χ1n) is 10.8. The Hall–Kier alpha value is -2.77. The molecule has 1 aliphatic rings. The third kappa shape index (κ3) is 7.15. The zero-order valence-electron chi connectivity index (χ0n) is 18.2. The lowest BCUT2D eigenvalue weighted by Crippen LogP contribution is -2.51. The lowest BCUT2D eigenvalue weighted by molar-refractivity contribution is -0.124. The number of aryl methyl sites for hydroxylation is 1. The van der Waals surface area contributed by atoms with Crippen LogP contribution >= 0.6 is 0 Å². The summed E-state index contributed by atoms with van der Waals surface area (Å²) in [4.78, 5) is 28.9. The molecule has 0 bridgehead atoms. The maximum Gasteiger partial charge on any atom is 0.238 e. The van der Waals surface area contributed by atoms with Gasteiger partial charge in [0.25, 0.3) is 0 Å². The van der Waals surface area contributed by atoms with Crippen LogP contribution in [-0.2, 0) is 9.59 Å². The summed E-state index contributed by atoms with van der Waals surface area (Å²) in [5.74, 6) is -0.432. The largest absolute Gasteiger partial charge is 0.348 e. The normalized spacial score (nSPS) is 16.0. The minimum atomic E-state index is -0.331. The van der Waals surface area contributed by atoms with E-state index in [2.05, 4.69) is 58.5 Å². The van der Waals surface area contributed by atoms with Gasteiger partial charge >= 0.3 is 0 Å². The van der Waals surface area contributed by atoms with Crippen molar-refractivity contribution in [1.29, 1.82) is 0 Å². The zero-order chi connectivity index (χ0) is 22.2. The highest BCUT2D eigenvalue weighted by Crippen LogP contribution is 2.17. The van der Waals surface area contributed by atoms with Crippen molar-refractivity contribution in [3.63, 3.8) is 0 Å². The summed E-state index contributed by atoms with van der Waals surface area (Å²) in [7, 11) is 0. The molecule has 1 aliphatic heterocycles. The molecule has 6 nitrogen and oxygen atoms in total. The number of hydrogen-bond acceptors (Lipinski definition) is 4. The second-order valence-electron chi connectivity index (χ2n) is 8.05. The number of halogens is 1. The molecule has 2 amide bonds. The Bertz CT molecular complexity index is 862. The molecule has 2 aromatic carbocycles. The minimum Gasteiger partial charge on any atom is -0.348 e. The Morgan fingerprint density at radius 1 is 0.903 bits per heavy atom. The highest BCUT2D eigenvalue weighted by Gasteiger charge is 2.22. The van der Waals surface area contributed by atoms with E-state index in [4.69, 9.17) is 0 Å². The van der Waals surface area contributed by atoms with E-state index in [1.165, 1.54) is 17.7 Å². The SMILES string of the molecule is CC[C@H](NC(=O)CN1CCN(CC(=O)Nc2ccc(F)cc2)CC1)c1ccc(C)cc1. The van der Waals surface area contributed by atoms with Crippen LogP contribution in [0.2, 0.25) is 0 Å². The Balaban J connectivity index is 1.39. The number of piperazine rings is 1. The highest BCUT2D eigenvalue weighted by molar-refractivity contribution is 5.92. The van der Waals surface area contributed by atoms with Crippen LogP contribution in [0.15, 0.2) is 48.5 Å². The summed E-state index contributed by atoms with van der Waals surface area (Å²) < 4.78 is 13.0. The number of nitrogens with one attached hydrogen (secondary N) is 2. The summed E-state index contributed by atoms with van der Waals surface area (Å²) in [6, 6.07) is 14.0. The van der Waals surface area contributed by atoms with Crippen molar-refractivity contribution in [2.75, 3.05) is 44.6 Å². The van der Waals surface area contributed by atoms with E-state index in [1.807, 2.05) is 0 Å². The zero-order valence-corrected chi connectivity index (χ0v) is 18.2. The van der Waals surface area contributed by atoms with Gasteiger partial charge in [0.05, 0.1) is 19.1 Å². The lowest BCUT2D eigenvalue weighted by Gasteiger charge is -2.34. The van der Waals surface area contributed by atoms with Crippen molar-refractivity contribution in [1.82, 2.24) is 15.1 Å². The summed E-state index contributed by atoms with van der Waals surface area (Å²) in [6.45, 7) is 7.67. The third-order valence-corrected chi connectivity index (χ3v) is 5.55. The van der Waals surface area contributed by atoms with E-state index in [-0.39, 0.29) is 30.2 Å². The number of nitrogens with zero attached hydrogens (tertiary/aromatic N) is 2. The molecular weight excluding hydrogens is 395 g/mol. The molecule has 0 aromatic heterocycles. The van der Waals surface area contributed by atoms with Gasteiger partial charge in [-0.3, -0.25) is 19.4 Å². The second-order valence-corrected chi connectivity index (χ2v) is 8.05. The van der Waals surface area contributed by atoms with Crippen molar-refractivity contribution in [2.45, 2.75) is 26.3 Å². The summed E-state index contributed by atoms with van der Waals surface area (Å²) >= 11 is 0. The van der Waals surface area contributed by atoms with E-state index < -0.39 is 0 Å². The van der Waals surface area contributed by atoms with Gasteiger partial charge < -0.3 is 10.6 Å². The van der Waals surface area contributed by atoms with Crippen molar-refractivity contribution in [3.8, 4) is 0 Å². The van der Waals surface area contributed by atoms with Gasteiger partial charge in [0.1, 0.15) is 5.82 Å². The first kappa shape index (κ1) is 22.9. The number of benzene rings is 2. The molecule has 0 saturated carbocycles. The maximum absolute atomic E-state index is 13.0. The molecule has 0 unspecified atom stereocenters. The smallest absolute Gasteiger partial charge is 0.238 e. The van der Waals surface area contributed by atoms with E-state index in [9.17, 15) is 14.0 Å². The van der Waals surface area contributed by atoms with Crippen LogP contribution in [0, 0.1) is 12.7 Å². The van der Waals surface area contributed by atoms with Gasteiger partial charge in [-0.2, -0.15) is 0 Å². The van der Waals surface area contributed by atoms with Crippen molar-refractivity contribution in [3.05, 3.63) is 65.5 Å². The van der Waals surface area contributed by atoms with Gasteiger partial charge in [-0.15, -0.1) is 0 Å². The molecule has 0 aliphatic carbocycles. The molecule has 0 spiro atoms. The first-order valence-corrected chi connectivity index (χ1v) is 10.8. The van der Waals surface area contributed by atoms with E-state index in [1.54, 1.807) is 12.1 Å². The lowest BCUT2D eigenvalue weighted by atomic mass is 10.0. The molecule has 1 saturated heterocycles. The van der Waals surface area contributed by atoms with Gasteiger partial charge in [0, 0.05) is 31.9 Å². The van der Waals surface area contributed by atoms with Crippen LogP contribution in [0.1, 0.15) is 30.5 Å². The van der Waals surface area contributed by atoms with Crippen molar-refractivity contribution >= 4 is 17.5 Å². The first-order chi connectivity index (χ1) is 14.9. The second kappa shape index (κ2) is 11.0. The molecule has 7 heteroatoms. The fourth-order valence-corrected chi connectivity index (χ4v) is 3.71. The van der Waals surface area contributed by atoms with Crippen molar-refractivity contribution in [2.24, 2.45) is 0 Å². The summed E-state index contributed by atoms with van der Waals surface area (Å²) in [5, 5.41) is 5.92. The summed E-state index contributed by atoms with van der Waals surface area (Å²) in [6.07, 6.45) is 0.839. The molecule has 3 rings (SSSR count). The number of hydrogen-bond donors (Lipinski definition) is 2. The fourth-order valence-electron chi connectivity index (χ4n) is 3.71. The Labute approximate surface area is 183 Å². The molecule has 1 heterocycles. The van der Waals surface area contributed by atoms with Gasteiger partial charge in [-0.25, -0.2) is 4.39 Å². The Morgan fingerprint density at radius 3 is 2.00 bits per heavy atom. The monoisotopic (exact) mass is 426 g/mol. The molecule has 1 fully saturated rings. The molecule has 2 N–H and O–H groups in total. The van der Waals surface area contributed by atoms with Gasteiger partial charge in [0.15, 0.2) is 0 Å². The number of carbonyl (C=O) groups excluding carboxylic acids is 2. The average Bonchev–Trinajstić information content (AvgIpc) is 2.76. The standard InChI is InChI=1S/C24H31FN4O2/c1-3-22(19-6-4-18(2)5-7-19)27-24(31)17-29-14-12-28(13-15-29)16-23(30)26-21-10-8-20(25)9-11-21/h4-11,22H,3,12-17H2,1-2H3,(H,26,30)(H,27,31)/t22-/m0/s1. The molecule has 2 aromatic rings. The van der Waals surface area contributed by atoms with Crippen LogP contribution in [0.3, 0.4) is 0 Å². The van der Waals surface area contributed by atoms with E-state index in [0.29, 0.717) is 12.2 Å². The van der Waals surface area contributed by atoms with Crippen LogP contribution < -0.4 is 10.6 Å². The fraction of sp³-hybridized carbons (Fsp3) is 0.417. The van der Waals surface area contributed by atoms with Crippen LogP contribution in [0.5, 0.6) is 0 Å². The molecule has 166 valence electrons. The van der Waals surface area contributed by atoms with Gasteiger partial charge in [0.2, 0.25) is 11.8 Å². The van der Waals surface area contributed by atoms with E-state index in [0.717, 1.165) is 38.2 Å². The van der Waals surface area contributed by atoms with Crippen molar-refractivity contribution < 1.29 is 14.0 Å². The third-order valence-electron chi connectivity index (χ3n) is 5.55.